The molecule has 1 heterocycles. The van der Waals surface area contributed by atoms with E-state index >= 15 is 0 Å². The predicted molar refractivity (Wildman–Crippen MR) is 90.1 cm³/mol. The highest BCUT2D eigenvalue weighted by atomic mass is 32.2. The highest BCUT2D eigenvalue weighted by Gasteiger charge is 2.10. The zero-order chi connectivity index (χ0) is 15.2. The second-order valence-corrected chi connectivity index (χ2v) is 5.59. The number of hydrogen-bond acceptors (Lipinski definition) is 6. The number of nitrogens with zero attached hydrogens (tertiary/aromatic N) is 2. The molecule has 0 aliphatic heterocycles. The van der Waals surface area contributed by atoms with E-state index in [4.69, 9.17) is 5.84 Å². The normalized spacial score (nSPS) is 10.5. The average molecular weight is 303 g/mol. The van der Waals surface area contributed by atoms with Crippen LogP contribution in [0.25, 0.3) is 0 Å². The molecule has 0 bridgehead atoms. The maximum atomic E-state index is 5.55. The summed E-state index contributed by atoms with van der Waals surface area (Å²) < 4.78 is 0. The second-order valence-electron chi connectivity index (χ2n) is 4.71. The molecule has 2 aromatic rings. The van der Waals surface area contributed by atoms with Gasteiger partial charge in [0.1, 0.15) is 17.5 Å². The highest BCUT2D eigenvalue weighted by Crippen LogP contribution is 2.25. The predicted octanol–water partition coefficient (Wildman–Crippen LogP) is 3.49. The number of nitrogens with two attached hydrogens (primary N) is 1. The van der Waals surface area contributed by atoms with Crippen molar-refractivity contribution < 1.29 is 0 Å². The van der Waals surface area contributed by atoms with Gasteiger partial charge in [-0.1, -0.05) is 13.0 Å². The van der Waals surface area contributed by atoms with Crippen LogP contribution in [-0.2, 0) is 6.42 Å². The second kappa shape index (κ2) is 7.28. The first-order chi connectivity index (χ1) is 10.2. The van der Waals surface area contributed by atoms with Crippen molar-refractivity contribution in [3.05, 3.63) is 35.7 Å². The van der Waals surface area contributed by atoms with Crippen LogP contribution in [0, 0.1) is 6.92 Å². The summed E-state index contributed by atoms with van der Waals surface area (Å²) in [5.74, 6) is 7.80. The Morgan fingerprint density at radius 3 is 2.67 bits per heavy atom. The van der Waals surface area contributed by atoms with E-state index in [1.54, 1.807) is 11.8 Å². The summed E-state index contributed by atoms with van der Waals surface area (Å²) >= 11 is 1.71. The third-order valence-electron chi connectivity index (χ3n) is 3.13. The summed E-state index contributed by atoms with van der Waals surface area (Å²) in [5, 5.41) is 3.36. The third kappa shape index (κ3) is 3.86. The molecule has 0 saturated carbocycles. The van der Waals surface area contributed by atoms with Gasteiger partial charge in [-0.25, -0.2) is 15.8 Å². The Balaban J connectivity index is 2.35. The standard InChI is InChI=1S/C15H21N5S/c1-4-6-13-18-14(10(2)15(19-13)20-16)17-11-7-5-8-12(9-11)21-3/h5,7-9H,4,6,16H2,1-3H3,(H2,17,18,19,20). The van der Waals surface area contributed by atoms with E-state index in [9.17, 15) is 0 Å². The van der Waals surface area contributed by atoms with Gasteiger partial charge >= 0.3 is 0 Å². The molecule has 4 N–H and O–H groups in total. The number of aromatic nitrogens is 2. The summed E-state index contributed by atoms with van der Waals surface area (Å²) in [5.41, 5.74) is 4.57. The number of thioether (sulfide) groups is 1. The Hall–Kier alpha value is -1.79. The molecule has 0 aliphatic carbocycles. The van der Waals surface area contributed by atoms with Crippen molar-refractivity contribution in [1.29, 1.82) is 0 Å². The zero-order valence-electron chi connectivity index (χ0n) is 12.6. The topological polar surface area (TPSA) is 75.9 Å². The summed E-state index contributed by atoms with van der Waals surface area (Å²) in [6.45, 7) is 4.06. The molecule has 21 heavy (non-hydrogen) atoms. The van der Waals surface area contributed by atoms with Crippen molar-refractivity contribution in [2.45, 2.75) is 31.6 Å². The van der Waals surface area contributed by atoms with Gasteiger partial charge < -0.3 is 10.7 Å². The molecule has 0 fully saturated rings. The van der Waals surface area contributed by atoms with Crippen LogP contribution >= 0.6 is 11.8 Å². The van der Waals surface area contributed by atoms with Crippen LogP contribution in [-0.4, -0.2) is 16.2 Å². The number of benzene rings is 1. The SMILES string of the molecule is CCCc1nc(NN)c(C)c(Nc2cccc(SC)c2)n1. The van der Waals surface area contributed by atoms with Crippen LogP contribution in [0.4, 0.5) is 17.3 Å². The van der Waals surface area contributed by atoms with Crippen LogP contribution in [0.5, 0.6) is 0 Å². The number of nitrogens with one attached hydrogen (secondary N) is 2. The Kier molecular flexibility index (Phi) is 5.41. The molecule has 6 heteroatoms. The Morgan fingerprint density at radius 1 is 1.24 bits per heavy atom. The first kappa shape index (κ1) is 15.6. The molecule has 0 amide bonds. The average Bonchev–Trinajstić information content (AvgIpc) is 2.50. The molecule has 5 nitrogen and oxygen atoms in total. The number of rotatable bonds is 6. The largest absolute Gasteiger partial charge is 0.340 e. The lowest BCUT2D eigenvalue weighted by Crippen LogP contribution is -2.14. The monoisotopic (exact) mass is 303 g/mol. The number of anilines is 3. The van der Waals surface area contributed by atoms with Gasteiger partial charge in [0.05, 0.1) is 0 Å². The summed E-state index contributed by atoms with van der Waals surface area (Å²) in [6, 6.07) is 8.23. The van der Waals surface area contributed by atoms with Crippen molar-refractivity contribution in [2.24, 2.45) is 5.84 Å². The number of hydrogen-bond donors (Lipinski definition) is 3. The van der Waals surface area contributed by atoms with E-state index in [0.717, 1.165) is 35.7 Å². The molecule has 0 radical (unpaired) electrons. The van der Waals surface area contributed by atoms with Gasteiger partial charge in [-0.05, 0) is 37.8 Å². The maximum Gasteiger partial charge on any atom is 0.148 e. The molecular weight excluding hydrogens is 282 g/mol. The van der Waals surface area contributed by atoms with E-state index in [1.807, 2.05) is 19.1 Å². The van der Waals surface area contributed by atoms with Crippen LogP contribution < -0.4 is 16.6 Å². The molecule has 1 aromatic carbocycles. The third-order valence-corrected chi connectivity index (χ3v) is 3.86. The molecule has 112 valence electrons. The molecule has 1 aromatic heterocycles. The van der Waals surface area contributed by atoms with Gasteiger partial charge in [0.25, 0.3) is 0 Å². The first-order valence-electron chi connectivity index (χ1n) is 6.93. The van der Waals surface area contributed by atoms with Gasteiger partial charge in [0.15, 0.2) is 0 Å². The van der Waals surface area contributed by atoms with E-state index in [1.165, 1.54) is 4.90 Å². The smallest absolute Gasteiger partial charge is 0.148 e. The molecule has 2 rings (SSSR count). The fraction of sp³-hybridized carbons (Fsp3) is 0.333. The lowest BCUT2D eigenvalue weighted by Gasteiger charge is -2.14. The van der Waals surface area contributed by atoms with E-state index in [-0.39, 0.29) is 0 Å². The molecule has 0 spiro atoms. The maximum absolute atomic E-state index is 5.55. The minimum Gasteiger partial charge on any atom is -0.340 e. The molecule has 0 unspecified atom stereocenters. The number of hydrazine groups is 1. The lowest BCUT2D eigenvalue weighted by atomic mass is 10.2. The van der Waals surface area contributed by atoms with Crippen molar-refractivity contribution in [1.82, 2.24) is 9.97 Å². The van der Waals surface area contributed by atoms with Crippen molar-refractivity contribution in [3.8, 4) is 0 Å². The number of nitrogen functional groups attached to an aromatic ring is 1. The quantitative estimate of drug-likeness (QED) is 0.431. The van der Waals surface area contributed by atoms with Crippen molar-refractivity contribution >= 4 is 29.1 Å². The molecule has 0 atom stereocenters. The van der Waals surface area contributed by atoms with Crippen molar-refractivity contribution in [3.63, 3.8) is 0 Å². The van der Waals surface area contributed by atoms with Crippen LogP contribution in [0.1, 0.15) is 24.7 Å². The highest BCUT2D eigenvalue weighted by molar-refractivity contribution is 7.98. The van der Waals surface area contributed by atoms with E-state index < -0.39 is 0 Å². The van der Waals surface area contributed by atoms with E-state index in [2.05, 4.69) is 46.0 Å². The summed E-state index contributed by atoms with van der Waals surface area (Å²) in [7, 11) is 0. The van der Waals surface area contributed by atoms with Crippen LogP contribution in [0.2, 0.25) is 0 Å². The first-order valence-corrected chi connectivity index (χ1v) is 8.15. The van der Waals surface area contributed by atoms with Gasteiger partial charge in [-0.2, -0.15) is 0 Å². The summed E-state index contributed by atoms with van der Waals surface area (Å²) in [4.78, 5) is 10.2. The molecular formula is C15H21N5S. The van der Waals surface area contributed by atoms with Gasteiger partial charge in [0.2, 0.25) is 0 Å². The molecule has 0 aliphatic rings. The fourth-order valence-electron chi connectivity index (χ4n) is 2.00. The Labute approximate surface area is 129 Å². The lowest BCUT2D eigenvalue weighted by molar-refractivity contribution is 0.833. The fourth-order valence-corrected chi connectivity index (χ4v) is 2.46. The van der Waals surface area contributed by atoms with Gasteiger partial charge in [-0.3, -0.25) is 0 Å². The minimum atomic E-state index is 0.664. The van der Waals surface area contributed by atoms with Crippen LogP contribution in [0.15, 0.2) is 29.2 Å². The zero-order valence-corrected chi connectivity index (χ0v) is 13.4. The van der Waals surface area contributed by atoms with Crippen LogP contribution in [0.3, 0.4) is 0 Å². The Morgan fingerprint density at radius 2 is 2.00 bits per heavy atom. The van der Waals surface area contributed by atoms with Crippen molar-refractivity contribution in [2.75, 3.05) is 17.0 Å². The van der Waals surface area contributed by atoms with Gasteiger partial charge in [-0.15, -0.1) is 11.8 Å². The molecule has 0 saturated heterocycles. The summed E-state index contributed by atoms with van der Waals surface area (Å²) in [6.07, 6.45) is 3.88. The number of aryl methyl sites for hydroxylation is 1. The minimum absolute atomic E-state index is 0.664. The Bertz CT molecular complexity index is 615. The van der Waals surface area contributed by atoms with Gasteiger partial charge in [0, 0.05) is 22.6 Å². The van der Waals surface area contributed by atoms with E-state index in [0.29, 0.717) is 5.82 Å².